The number of allylic oxidation sites excluding steroid dienone is 1. The van der Waals surface area contributed by atoms with Gasteiger partial charge in [-0.15, -0.1) is 0 Å². The fraction of sp³-hybridized carbons (Fsp3) is 0.556. The Hall–Kier alpha value is -1.13. The molecule has 0 aromatic heterocycles. The van der Waals surface area contributed by atoms with E-state index >= 15 is 0 Å². The molecule has 0 radical (unpaired) electrons. The monoisotopic (exact) mass is 322 g/mol. The first-order valence-electron chi connectivity index (χ1n) is 7.86. The molecule has 122 valence electrons. The highest BCUT2D eigenvalue weighted by molar-refractivity contribution is 7.86. The second kappa shape index (κ2) is 6.55. The maximum atomic E-state index is 12.2. The summed E-state index contributed by atoms with van der Waals surface area (Å²) in [5.74, 6) is 0.328. The van der Waals surface area contributed by atoms with Gasteiger partial charge in [0.2, 0.25) is 0 Å². The van der Waals surface area contributed by atoms with E-state index in [1.165, 1.54) is 12.0 Å². The van der Waals surface area contributed by atoms with Crippen LogP contribution in [0.2, 0.25) is 0 Å². The molecular weight excluding hydrogens is 296 g/mol. The van der Waals surface area contributed by atoms with Crippen molar-refractivity contribution in [3.05, 3.63) is 42.0 Å². The SMILES string of the molecule is C=C1CCCC(C)(C)[C@H]1CCOS(=O)(=O)c1ccc(C)cc1. The van der Waals surface area contributed by atoms with Gasteiger partial charge < -0.3 is 0 Å². The quantitative estimate of drug-likeness (QED) is 0.593. The summed E-state index contributed by atoms with van der Waals surface area (Å²) >= 11 is 0. The minimum atomic E-state index is -3.66. The highest BCUT2D eigenvalue weighted by Gasteiger charge is 2.34. The summed E-state index contributed by atoms with van der Waals surface area (Å²) in [6.45, 7) is 10.8. The van der Waals surface area contributed by atoms with Crippen LogP contribution in [0, 0.1) is 18.3 Å². The Bertz CT molecular complexity index is 627. The fourth-order valence-electron chi connectivity index (χ4n) is 3.32. The molecule has 1 saturated carbocycles. The van der Waals surface area contributed by atoms with Crippen molar-refractivity contribution in [2.24, 2.45) is 11.3 Å². The Kier molecular flexibility index (Phi) is 5.13. The van der Waals surface area contributed by atoms with Gasteiger partial charge in [-0.3, -0.25) is 4.18 Å². The van der Waals surface area contributed by atoms with Gasteiger partial charge in [-0.2, -0.15) is 8.42 Å². The zero-order chi connectivity index (χ0) is 16.4. The highest BCUT2D eigenvalue weighted by Crippen LogP contribution is 2.44. The Balaban J connectivity index is 1.97. The first-order chi connectivity index (χ1) is 10.2. The van der Waals surface area contributed by atoms with E-state index in [0.717, 1.165) is 18.4 Å². The summed E-state index contributed by atoms with van der Waals surface area (Å²) in [6.07, 6.45) is 4.07. The maximum Gasteiger partial charge on any atom is 0.296 e. The standard InChI is InChI=1S/C18H26O3S/c1-14-7-9-16(10-8-14)22(19,20)21-13-11-17-15(2)6-5-12-18(17,3)4/h7-10,17H,2,5-6,11-13H2,1,3-4H3/t17-/m0/s1. The molecule has 0 saturated heterocycles. The molecular formula is C18H26O3S. The molecule has 0 aliphatic heterocycles. The Morgan fingerprint density at radius 1 is 1.27 bits per heavy atom. The summed E-state index contributed by atoms with van der Waals surface area (Å²) in [4.78, 5) is 0.222. The third-order valence-electron chi connectivity index (χ3n) is 4.71. The molecule has 3 nitrogen and oxygen atoms in total. The summed E-state index contributed by atoms with van der Waals surface area (Å²) in [6, 6.07) is 6.74. The van der Waals surface area contributed by atoms with Crippen LogP contribution in [0.15, 0.2) is 41.3 Å². The summed E-state index contributed by atoms with van der Waals surface area (Å²) in [5, 5.41) is 0. The van der Waals surface area contributed by atoms with Gasteiger partial charge in [0.25, 0.3) is 10.1 Å². The third kappa shape index (κ3) is 3.99. The van der Waals surface area contributed by atoms with Crippen LogP contribution in [0.1, 0.15) is 45.1 Å². The van der Waals surface area contributed by atoms with Gasteiger partial charge in [-0.1, -0.05) is 43.7 Å². The van der Waals surface area contributed by atoms with Gasteiger partial charge >= 0.3 is 0 Å². The summed E-state index contributed by atoms with van der Waals surface area (Å²) < 4.78 is 29.6. The third-order valence-corrected chi connectivity index (χ3v) is 6.04. The van der Waals surface area contributed by atoms with Crippen molar-refractivity contribution in [1.29, 1.82) is 0 Å². The van der Waals surface area contributed by atoms with Gasteiger partial charge in [0.1, 0.15) is 0 Å². The van der Waals surface area contributed by atoms with Crippen molar-refractivity contribution in [3.8, 4) is 0 Å². The number of rotatable bonds is 5. The van der Waals surface area contributed by atoms with E-state index < -0.39 is 10.1 Å². The lowest BCUT2D eigenvalue weighted by molar-refractivity contribution is 0.157. The van der Waals surface area contributed by atoms with Gasteiger partial charge in [-0.25, -0.2) is 0 Å². The first-order valence-corrected chi connectivity index (χ1v) is 9.27. The molecule has 1 aromatic carbocycles. The van der Waals surface area contributed by atoms with E-state index in [0.29, 0.717) is 12.3 Å². The molecule has 0 heterocycles. The Morgan fingerprint density at radius 2 is 1.91 bits per heavy atom. The predicted molar refractivity (Wildman–Crippen MR) is 89.2 cm³/mol. The number of hydrogen-bond acceptors (Lipinski definition) is 3. The van der Waals surface area contributed by atoms with Crippen LogP contribution in [0.3, 0.4) is 0 Å². The Morgan fingerprint density at radius 3 is 2.50 bits per heavy atom. The van der Waals surface area contributed by atoms with Crippen LogP contribution >= 0.6 is 0 Å². The number of benzene rings is 1. The van der Waals surface area contributed by atoms with E-state index in [1.807, 2.05) is 6.92 Å². The molecule has 22 heavy (non-hydrogen) atoms. The van der Waals surface area contributed by atoms with Gasteiger partial charge in [0.05, 0.1) is 11.5 Å². The zero-order valence-electron chi connectivity index (χ0n) is 13.8. The molecule has 1 fully saturated rings. The minimum absolute atomic E-state index is 0.173. The average molecular weight is 322 g/mol. The molecule has 1 aliphatic carbocycles. The maximum absolute atomic E-state index is 12.2. The predicted octanol–water partition coefficient (Wildman–Crippen LogP) is 4.47. The van der Waals surface area contributed by atoms with Crippen LogP contribution in [0.5, 0.6) is 0 Å². The number of aryl methyl sites for hydroxylation is 1. The van der Waals surface area contributed by atoms with E-state index in [2.05, 4.69) is 20.4 Å². The van der Waals surface area contributed by atoms with E-state index in [9.17, 15) is 8.42 Å². The number of hydrogen-bond donors (Lipinski definition) is 0. The fourth-order valence-corrected chi connectivity index (χ4v) is 4.24. The normalized spacial score (nSPS) is 21.8. The van der Waals surface area contributed by atoms with Gasteiger partial charge in [0, 0.05) is 0 Å². The molecule has 0 spiro atoms. The van der Waals surface area contributed by atoms with Crippen molar-refractivity contribution in [2.45, 2.75) is 51.3 Å². The largest absolute Gasteiger partial charge is 0.296 e. The molecule has 2 rings (SSSR count). The van der Waals surface area contributed by atoms with Crippen molar-refractivity contribution < 1.29 is 12.6 Å². The van der Waals surface area contributed by atoms with E-state index in [4.69, 9.17) is 4.18 Å². The smallest absolute Gasteiger partial charge is 0.266 e. The van der Waals surface area contributed by atoms with Crippen molar-refractivity contribution >= 4 is 10.1 Å². The second-order valence-electron chi connectivity index (χ2n) is 6.93. The molecule has 0 amide bonds. The summed E-state index contributed by atoms with van der Waals surface area (Å²) in [5.41, 5.74) is 2.43. The second-order valence-corrected chi connectivity index (χ2v) is 8.55. The van der Waals surface area contributed by atoms with Crippen LogP contribution < -0.4 is 0 Å². The van der Waals surface area contributed by atoms with E-state index in [-0.39, 0.29) is 16.9 Å². The molecule has 1 atom stereocenters. The molecule has 4 heteroatoms. The van der Waals surface area contributed by atoms with Gasteiger partial charge in [-0.05, 0) is 56.1 Å². The van der Waals surface area contributed by atoms with Crippen molar-refractivity contribution in [1.82, 2.24) is 0 Å². The van der Waals surface area contributed by atoms with Crippen molar-refractivity contribution in [2.75, 3.05) is 6.61 Å². The van der Waals surface area contributed by atoms with Crippen LogP contribution in [0.25, 0.3) is 0 Å². The minimum Gasteiger partial charge on any atom is -0.266 e. The zero-order valence-corrected chi connectivity index (χ0v) is 14.6. The van der Waals surface area contributed by atoms with Crippen LogP contribution in [-0.4, -0.2) is 15.0 Å². The Labute approximate surface area is 134 Å². The molecule has 0 N–H and O–H groups in total. The van der Waals surface area contributed by atoms with E-state index in [1.54, 1.807) is 24.3 Å². The summed E-state index contributed by atoms with van der Waals surface area (Å²) in [7, 11) is -3.66. The topological polar surface area (TPSA) is 43.4 Å². The molecule has 1 aliphatic rings. The first kappa shape index (κ1) is 17.2. The molecule has 1 aromatic rings. The lowest BCUT2D eigenvalue weighted by atomic mass is 9.66. The highest BCUT2D eigenvalue weighted by atomic mass is 32.2. The van der Waals surface area contributed by atoms with Crippen LogP contribution in [0.4, 0.5) is 0 Å². The van der Waals surface area contributed by atoms with Gasteiger partial charge in [0.15, 0.2) is 0 Å². The lowest BCUT2D eigenvalue weighted by Gasteiger charge is -2.40. The molecule has 0 bridgehead atoms. The van der Waals surface area contributed by atoms with Crippen LogP contribution in [-0.2, 0) is 14.3 Å². The van der Waals surface area contributed by atoms with Crippen molar-refractivity contribution in [3.63, 3.8) is 0 Å². The average Bonchev–Trinajstić information content (AvgIpc) is 2.42. The lowest BCUT2D eigenvalue weighted by Crippen LogP contribution is -2.30. The molecule has 0 unspecified atom stereocenters.